The van der Waals surface area contributed by atoms with Crippen LogP contribution in [0.3, 0.4) is 0 Å². The van der Waals surface area contributed by atoms with E-state index in [9.17, 15) is 5.21 Å². The van der Waals surface area contributed by atoms with Gasteiger partial charge in [-0.2, -0.15) is 0 Å². The molecule has 0 N–H and O–H groups in total. The van der Waals surface area contributed by atoms with Gasteiger partial charge in [0.15, 0.2) is 23.0 Å². The Bertz CT molecular complexity index is 1160. The molecule has 0 radical (unpaired) electrons. The molecule has 1 fully saturated rings. The third kappa shape index (κ3) is 2.63. The molecule has 2 atom stereocenters. The van der Waals surface area contributed by atoms with Gasteiger partial charge in [-0.3, -0.25) is 0 Å². The number of ether oxygens (including phenoxy) is 4. The van der Waals surface area contributed by atoms with Gasteiger partial charge in [-0.1, -0.05) is 0 Å². The van der Waals surface area contributed by atoms with Gasteiger partial charge in [0, 0.05) is 24.8 Å². The highest BCUT2D eigenvalue weighted by Crippen LogP contribution is 2.47. The first-order valence-corrected chi connectivity index (χ1v) is 10.4. The van der Waals surface area contributed by atoms with Crippen molar-refractivity contribution in [2.24, 2.45) is 0 Å². The van der Waals surface area contributed by atoms with E-state index in [0.29, 0.717) is 36.1 Å². The summed E-state index contributed by atoms with van der Waals surface area (Å²) in [5, 5.41) is 17.9. The zero-order chi connectivity index (χ0) is 21.0. The maximum atomic E-state index is 13.6. The summed E-state index contributed by atoms with van der Waals surface area (Å²) in [4.78, 5) is 0. The lowest BCUT2D eigenvalue weighted by Gasteiger charge is -2.48. The third-order valence-corrected chi connectivity index (χ3v) is 6.96. The van der Waals surface area contributed by atoms with E-state index in [1.54, 1.807) is 28.4 Å². The average molecular weight is 409 g/mol. The van der Waals surface area contributed by atoms with Crippen LogP contribution < -0.4 is 18.9 Å². The quantitative estimate of drug-likeness (QED) is 0.359. The molecule has 0 spiro atoms. The maximum Gasteiger partial charge on any atom is 0.161 e. The van der Waals surface area contributed by atoms with E-state index in [4.69, 9.17) is 18.9 Å². The standard InChI is InChI=1S/C24H27NO5/c1-27-21-9-16-15-8-14-6-5-7-25(14,26)13-20(15)19-12-24(30-4)23(29-3)11-18(19)17(16)10-22(21)28-2/h9-12,14H,5-8,13H2,1-4H3. The summed E-state index contributed by atoms with van der Waals surface area (Å²) < 4.78 is 22.2. The monoisotopic (exact) mass is 409 g/mol. The topological polar surface area (TPSA) is 60.0 Å². The summed E-state index contributed by atoms with van der Waals surface area (Å²) in [5.74, 6) is 2.73. The van der Waals surface area contributed by atoms with E-state index in [1.807, 2.05) is 18.2 Å². The first kappa shape index (κ1) is 19.3. The second-order valence-corrected chi connectivity index (χ2v) is 8.30. The number of quaternary nitrogens is 1. The lowest BCUT2D eigenvalue weighted by molar-refractivity contribution is -0.907. The molecule has 2 unspecified atom stereocenters. The highest BCUT2D eigenvalue weighted by atomic mass is 16.5. The van der Waals surface area contributed by atoms with E-state index in [-0.39, 0.29) is 10.7 Å². The summed E-state index contributed by atoms with van der Waals surface area (Å²) in [7, 11) is 6.58. The summed E-state index contributed by atoms with van der Waals surface area (Å²) in [6, 6.07) is 8.25. The second kappa shape index (κ2) is 6.93. The Labute approximate surface area is 176 Å². The lowest BCUT2D eigenvalue weighted by atomic mass is 9.84. The summed E-state index contributed by atoms with van der Waals surface area (Å²) >= 11 is 0. The smallest absolute Gasteiger partial charge is 0.161 e. The van der Waals surface area contributed by atoms with Gasteiger partial charge in [-0.25, -0.2) is 0 Å². The number of nitrogens with zero attached hydrogens (tertiary/aromatic N) is 1. The van der Waals surface area contributed by atoms with E-state index in [2.05, 4.69) is 6.07 Å². The molecular weight excluding hydrogens is 382 g/mol. The van der Waals surface area contributed by atoms with E-state index >= 15 is 0 Å². The van der Waals surface area contributed by atoms with Crippen molar-refractivity contribution in [2.45, 2.75) is 31.8 Å². The highest BCUT2D eigenvalue weighted by molar-refractivity contribution is 6.12. The molecule has 2 heterocycles. The molecule has 5 rings (SSSR count). The van der Waals surface area contributed by atoms with Crippen molar-refractivity contribution in [3.63, 3.8) is 0 Å². The van der Waals surface area contributed by atoms with E-state index in [1.165, 1.54) is 5.56 Å². The second-order valence-electron chi connectivity index (χ2n) is 8.30. The third-order valence-electron chi connectivity index (χ3n) is 6.96. The molecule has 0 amide bonds. The molecule has 6 nitrogen and oxygen atoms in total. The number of rotatable bonds is 4. The number of benzene rings is 3. The molecule has 0 bridgehead atoms. The fourth-order valence-electron chi connectivity index (χ4n) is 5.43. The Kier molecular flexibility index (Phi) is 4.45. The van der Waals surface area contributed by atoms with Crippen molar-refractivity contribution in [1.29, 1.82) is 0 Å². The molecular formula is C24H27NO5. The van der Waals surface area contributed by atoms with Crippen LogP contribution in [0.2, 0.25) is 0 Å². The zero-order valence-electron chi connectivity index (χ0n) is 17.9. The molecule has 0 aliphatic carbocycles. The number of hydroxylamine groups is 3. The predicted molar refractivity (Wildman–Crippen MR) is 117 cm³/mol. The Morgan fingerprint density at radius 1 is 0.733 bits per heavy atom. The van der Waals surface area contributed by atoms with E-state index < -0.39 is 0 Å². The van der Waals surface area contributed by atoms with Crippen LogP contribution in [-0.2, 0) is 13.0 Å². The van der Waals surface area contributed by atoms with Crippen LogP contribution in [0.15, 0.2) is 24.3 Å². The molecule has 158 valence electrons. The van der Waals surface area contributed by atoms with Crippen LogP contribution in [-0.4, -0.2) is 45.7 Å². The van der Waals surface area contributed by atoms with Crippen LogP contribution in [0.5, 0.6) is 23.0 Å². The Balaban J connectivity index is 1.91. The Hall–Kier alpha value is -2.70. The van der Waals surface area contributed by atoms with Crippen molar-refractivity contribution >= 4 is 21.5 Å². The normalized spacial score (nSPS) is 22.6. The molecule has 0 aromatic heterocycles. The fourth-order valence-corrected chi connectivity index (χ4v) is 5.43. The van der Waals surface area contributed by atoms with Gasteiger partial charge in [0.05, 0.1) is 41.0 Å². The van der Waals surface area contributed by atoms with Crippen molar-refractivity contribution < 1.29 is 23.6 Å². The molecule has 0 saturated carbocycles. The van der Waals surface area contributed by atoms with Crippen LogP contribution in [0, 0.1) is 5.21 Å². The number of methoxy groups -OCH3 is 4. The van der Waals surface area contributed by atoms with Crippen molar-refractivity contribution in [2.75, 3.05) is 35.0 Å². The minimum Gasteiger partial charge on any atom is -0.632 e. The Morgan fingerprint density at radius 3 is 1.70 bits per heavy atom. The van der Waals surface area contributed by atoms with Gasteiger partial charge in [0.25, 0.3) is 0 Å². The van der Waals surface area contributed by atoms with Crippen molar-refractivity contribution in [3.8, 4) is 23.0 Å². The first-order chi connectivity index (χ1) is 14.5. The first-order valence-electron chi connectivity index (χ1n) is 10.4. The van der Waals surface area contributed by atoms with Crippen LogP contribution in [0.1, 0.15) is 24.0 Å². The van der Waals surface area contributed by atoms with Gasteiger partial charge in [-0.05, 0) is 51.4 Å². The maximum absolute atomic E-state index is 13.6. The largest absolute Gasteiger partial charge is 0.632 e. The zero-order valence-corrected chi connectivity index (χ0v) is 17.9. The van der Waals surface area contributed by atoms with Gasteiger partial charge in [0.1, 0.15) is 6.54 Å². The summed E-state index contributed by atoms with van der Waals surface area (Å²) in [6.45, 7) is 1.19. The molecule has 2 aliphatic heterocycles. The number of hydrogen-bond acceptors (Lipinski definition) is 5. The van der Waals surface area contributed by atoms with Crippen LogP contribution >= 0.6 is 0 Å². The lowest BCUT2D eigenvalue weighted by Crippen LogP contribution is -2.49. The molecule has 2 aliphatic rings. The summed E-state index contributed by atoms with van der Waals surface area (Å²) in [6.07, 6.45) is 2.77. The van der Waals surface area contributed by atoms with Crippen molar-refractivity contribution in [3.05, 3.63) is 40.6 Å². The molecule has 30 heavy (non-hydrogen) atoms. The minimum atomic E-state index is -0.116. The Morgan fingerprint density at radius 2 is 1.20 bits per heavy atom. The average Bonchev–Trinajstić information content (AvgIpc) is 3.16. The molecule has 6 heteroatoms. The molecule has 3 aromatic carbocycles. The van der Waals surface area contributed by atoms with Crippen LogP contribution in [0.4, 0.5) is 0 Å². The predicted octanol–water partition coefficient (Wildman–Crippen LogP) is 4.56. The van der Waals surface area contributed by atoms with Gasteiger partial charge >= 0.3 is 0 Å². The minimum absolute atomic E-state index is 0.116. The molecule has 1 saturated heterocycles. The fraction of sp³-hybridized carbons (Fsp3) is 0.417. The van der Waals surface area contributed by atoms with Gasteiger partial charge in [0.2, 0.25) is 0 Å². The molecule has 3 aromatic rings. The van der Waals surface area contributed by atoms with Crippen LogP contribution in [0.25, 0.3) is 21.5 Å². The number of hydrogen-bond donors (Lipinski definition) is 0. The van der Waals surface area contributed by atoms with E-state index in [0.717, 1.165) is 46.4 Å². The summed E-state index contributed by atoms with van der Waals surface area (Å²) in [5.41, 5.74) is 2.38. The SMILES string of the molecule is COc1cc2c3c(c4cc(OC)c(OC)cc4c2cc1OC)C[N+]1([O-])CCCC1C3. The van der Waals surface area contributed by atoms with Gasteiger partial charge < -0.3 is 28.8 Å². The van der Waals surface area contributed by atoms with Gasteiger partial charge in [-0.15, -0.1) is 0 Å². The number of fused-ring (bicyclic) bond motifs is 7. The highest BCUT2D eigenvalue weighted by Gasteiger charge is 2.40. The van der Waals surface area contributed by atoms with Crippen molar-refractivity contribution in [1.82, 2.24) is 0 Å².